The second-order valence-corrected chi connectivity index (χ2v) is 6.79. The second kappa shape index (κ2) is 6.54. The number of piperazine rings is 1. The lowest BCUT2D eigenvalue weighted by Crippen LogP contribution is -2.52. The van der Waals surface area contributed by atoms with Crippen LogP contribution < -0.4 is 9.80 Å². The van der Waals surface area contributed by atoms with E-state index in [0.29, 0.717) is 11.6 Å². The van der Waals surface area contributed by atoms with Crippen LogP contribution in [0.25, 0.3) is 0 Å². The van der Waals surface area contributed by atoms with Gasteiger partial charge in [-0.25, -0.2) is 4.79 Å². The van der Waals surface area contributed by atoms with Crippen LogP contribution in [-0.4, -0.2) is 49.0 Å². The summed E-state index contributed by atoms with van der Waals surface area (Å²) in [5.74, 6) is -0.304. The van der Waals surface area contributed by atoms with Crippen LogP contribution in [0, 0.1) is 6.92 Å². The predicted octanol–water partition coefficient (Wildman–Crippen LogP) is 2.35. The summed E-state index contributed by atoms with van der Waals surface area (Å²) in [6.07, 6.45) is 0. The van der Waals surface area contributed by atoms with Gasteiger partial charge in [-0.2, -0.15) is 0 Å². The van der Waals surface area contributed by atoms with Crippen LogP contribution in [0.3, 0.4) is 0 Å². The molecule has 0 saturated carbocycles. The molecule has 0 N–H and O–H groups in total. The van der Waals surface area contributed by atoms with E-state index in [1.165, 1.54) is 7.11 Å². The van der Waals surface area contributed by atoms with Gasteiger partial charge in [-0.15, -0.1) is 10.2 Å². The van der Waals surface area contributed by atoms with E-state index < -0.39 is 0 Å². The van der Waals surface area contributed by atoms with Crippen molar-refractivity contribution in [1.29, 1.82) is 0 Å². The Morgan fingerprint density at radius 2 is 2.00 bits per heavy atom. The van der Waals surface area contributed by atoms with Gasteiger partial charge in [0.2, 0.25) is 5.13 Å². The Bertz CT molecular complexity index is 686. The Hall–Kier alpha value is -2.15. The molecule has 122 valence electrons. The van der Waals surface area contributed by atoms with Crippen LogP contribution in [0.1, 0.15) is 22.3 Å². The summed E-state index contributed by atoms with van der Waals surface area (Å²) in [5.41, 5.74) is 1.70. The van der Waals surface area contributed by atoms with E-state index in [1.807, 2.05) is 31.2 Å². The molecule has 0 unspecified atom stereocenters. The third-order valence-electron chi connectivity index (χ3n) is 4.04. The molecule has 1 atom stereocenters. The van der Waals surface area contributed by atoms with E-state index in [1.54, 1.807) is 11.3 Å². The smallest absolute Gasteiger partial charge is 0.337 e. The Morgan fingerprint density at radius 1 is 1.26 bits per heavy atom. The third kappa shape index (κ3) is 3.29. The average Bonchev–Trinajstić information content (AvgIpc) is 3.00. The SMILES string of the molecule is COC(=O)c1ccc(N2CCN(c3nnc(C)s3)[C@@H](C)C2)cc1. The number of hydrogen-bond donors (Lipinski definition) is 0. The van der Waals surface area contributed by atoms with Crippen molar-refractivity contribution in [2.75, 3.05) is 36.5 Å². The molecule has 1 aliphatic rings. The molecule has 7 heteroatoms. The molecule has 1 aliphatic heterocycles. The summed E-state index contributed by atoms with van der Waals surface area (Å²) in [7, 11) is 1.40. The highest BCUT2D eigenvalue weighted by atomic mass is 32.1. The Morgan fingerprint density at radius 3 is 2.57 bits per heavy atom. The van der Waals surface area contributed by atoms with Crippen LogP contribution in [-0.2, 0) is 4.74 Å². The maximum atomic E-state index is 11.5. The number of methoxy groups -OCH3 is 1. The number of aryl methyl sites for hydroxylation is 1. The third-order valence-corrected chi connectivity index (χ3v) is 4.92. The van der Waals surface area contributed by atoms with Gasteiger partial charge in [-0.05, 0) is 38.1 Å². The van der Waals surface area contributed by atoms with Crippen molar-refractivity contribution in [2.45, 2.75) is 19.9 Å². The lowest BCUT2D eigenvalue weighted by molar-refractivity contribution is 0.0601. The van der Waals surface area contributed by atoms with Crippen LogP contribution in [0.5, 0.6) is 0 Å². The van der Waals surface area contributed by atoms with E-state index in [0.717, 1.165) is 35.5 Å². The molecule has 1 aromatic carbocycles. The predicted molar refractivity (Wildman–Crippen MR) is 91.4 cm³/mol. The number of carbonyl (C=O) groups excluding carboxylic acids is 1. The fourth-order valence-corrected chi connectivity index (χ4v) is 3.62. The first-order valence-electron chi connectivity index (χ1n) is 7.58. The van der Waals surface area contributed by atoms with E-state index in [9.17, 15) is 4.79 Å². The van der Waals surface area contributed by atoms with Crippen molar-refractivity contribution in [3.63, 3.8) is 0 Å². The first-order chi connectivity index (χ1) is 11.1. The zero-order valence-electron chi connectivity index (χ0n) is 13.5. The standard InChI is InChI=1S/C16H20N4O2S/c1-11-10-19(8-9-20(11)16-18-17-12(2)23-16)14-6-4-13(5-7-14)15(21)22-3/h4-7,11H,8-10H2,1-3H3/t11-/m0/s1. The summed E-state index contributed by atoms with van der Waals surface area (Å²) >= 11 is 1.64. The number of esters is 1. The van der Waals surface area contributed by atoms with Crippen molar-refractivity contribution >= 4 is 28.1 Å². The van der Waals surface area contributed by atoms with E-state index >= 15 is 0 Å². The minimum atomic E-state index is -0.304. The summed E-state index contributed by atoms with van der Waals surface area (Å²) < 4.78 is 4.73. The first kappa shape index (κ1) is 15.7. The van der Waals surface area contributed by atoms with Gasteiger partial charge in [0.25, 0.3) is 0 Å². The van der Waals surface area contributed by atoms with Crippen molar-refractivity contribution in [2.24, 2.45) is 0 Å². The largest absolute Gasteiger partial charge is 0.465 e. The topological polar surface area (TPSA) is 58.6 Å². The minimum absolute atomic E-state index is 0.304. The van der Waals surface area contributed by atoms with Gasteiger partial charge in [0.1, 0.15) is 5.01 Å². The molecule has 3 rings (SSSR count). The van der Waals surface area contributed by atoms with Gasteiger partial charge in [-0.1, -0.05) is 11.3 Å². The molecule has 2 heterocycles. The van der Waals surface area contributed by atoms with Crippen LogP contribution in [0.2, 0.25) is 0 Å². The van der Waals surface area contributed by atoms with E-state index in [2.05, 4.69) is 26.9 Å². The molecule has 1 aromatic heterocycles. The molecule has 2 aromatic rings. The zero-order valence-corrected chi connectivity index (χ0v) is 14.3. The maximum Gasteiger partial charge on any atom is 0.337 e. The molecule has 0 spiro atoms. The quantitative estimate of drug-likeness (QED) is 0.804. The van der Waals surface area contributed by atoms with E-state index in [-0.39, 0.29) is 5.97 Å². The lowest BCUT2D eigenvalue weighted by Gasteiger charge is -2.40. The maximum absolute atomic E-state index is 11.5. The van der Waals surface area contributed by atoms with Crippen LogP contribution >= 0.6 is 11.3 Å². The molecule has 0 aliphatic carbocycles. The zero-order chi connectivity index (χ0) is 16.4. The molecule has 1 saturated heterocycles. The number of aromatic nitrogens is 2. The fraction of sp³-hybridized carbons (Fsp3) is 0.438. The van der Waals surface area contributed by atoms with Crippen LogP contribution in [0.4, 0.5) is 10.8 Å². The number of ether oxygens (including phenoxy) is 1. The summed E-state index contributed by atoms with van der Waals surface area (Å²) in [4.78, 5) is 16.1. The monoisotopic (exact) mass is 332 g/mol. The molecule has 1 fully saturated rings. The fourth-order valence-electron chi connectivity index (χ4n) is 2.80. The van der Waals surface area contributed by atoms with Crippen LogP contribution in [0.15, 0.2) is 24.3 Å². The Balaban J connectivity index is 1.68. The summed E-state index contributed by atoms with van der Waals surface area (Å²) in [6, 6.07) is 7.93. The number of nitrogens with zero attached hydrogens (tertiary/aromatic N) is 4. The van der Waals surface area contributed by atoms with Crippen molar-refractivity contribution < 1.29 is 9.53 Å². The van der Waals surface area contributed by atoms with Gasteiger partial charge < -0.3 is 14.5 Å². The molecular formula is C16H20N4O2S. The highest BCUT2D eigenvalue weighted by Gasteiger charge is 2.26. The number of hydrogen-bond acceptors (Lipinski definition) is 7. The Kier molecular flexibility index (Phi) is 4.47. The van der Waals surface area contributed by atoms with E-state index in [4.69, 9.17) is 4.74 Å². The molecule has 23 heavy (non-hydrogen) atoms. The number of carbonyl (C=O) groups is 1. The van der Waals surface area contributed by atoms with Crippen molar-refractivity contribution in [1.82, 2.24) is 10.2 Å². The summed E-state index contributed by atoms with van der Waals surface area (Å²) in [5, 5.41) is 10.3. The molecule has 0 bridgehead atoms. The second-order valence-electron chi connectivity index (χ2n) is 5.63. The molecular weight excluding hydrogens is 312 g/mol. The normalized spacial score (nSPS) is 18.1. The number of anilines is 2. The van der Waals surface area contributed by atoms with Gasteiger partial charge in [0.15, 0.2) is 0 Å². The summed E-state index contributed by atoms with van der Waals surface area (Å²) in [6.45, 7) is 6.92. The van der Waals surface area contributed by atoms with Crippen molar-refractivity contribution in [3.8, 4) is 0 Å². The molecule has 0 amide bonds. The highest BCUT2D eigenvalue weighted by molar-refractivity contribution is 7.15. The number of rotatable bonds is 3. The van der Waals surface area contributed by atoms with Gasteiger partial charge in [-0.3, -0.25) is 0 Å². The highest BCUT2D eigenvalue weighted by Crippen LogP contribution is 2.26. The average molecular weight is 332 g/mol. The lowest BCUT2D eigenvalue weighted by atomic mass is 10.1. The van der Waals surface area contributed by atoms with Crippen molar-refractivity contribution in [3.05, 3.63) is 34.8 Å². The van der Waals surface area contributed by atoms with Gasteiger partial charge >= 0.3 is 5.97 Å². The minimum Gasteiger partial charge on any atom is -0.465 e. The van der Waals surface area contributed by atoms with Gasteiger partial charge in [0, 0.05) is 31.4 Å². The Labute approximate surface area is 139 Å². The first-order valence-corrected chi connectivity index (χ1v) is 8.40. The number of benzene rings is 1. The molecule has 0 radical (unpaired) electrons. The van der Waals surface area contributed by atoms with Gasteiger partial charge in [0.05, 0.1) is 12.7 Å². The molecule has 6 nitrogen and oxygen atoms in total.